The van der Waals surface area contributed by atoms with E-state index in [0.717, 1.165) is 6.07 Å². The minimum Gasteiger partial charge on any atom is -0.493 e. The molecule has 0 bridgehead atoms. The Morgan fingerprint density at radius 3 is 2.45 bits per heavy atom. The van der Waals surface area contributed by atoms with E-state index in [1.165, 1.54) is 49.7 Å². The second kappa shape index (κ2) is 9.98. The maximum absolute atomic E-state index is 13.7. The molecule has 0 fully saturated rings. The van der Waals surface area contributed by atoms with Crippen molar-refractivity contribution < 1.29 is 28.2 Å². The van der Waals surface area contributed by atoms with Gasteiger partial charge in [0.25, 0.3) is 0 Å². The van der Waals surface area contributed by atoms with Crippen molar-refractivity contribution in [2.45, 2.75) is 19.9 Å². The number of methoxy groups -OCH3 is 1. The maximum Gasteiger partial charge on any atom is 0.346 e. The molecule has 8 nitrogen and oxygen atoms in total. The molecular formula is C20H20FN3O5. The third kappa shape index (κ3) is 6.13. The Hall–Kier alpha value is -3.75. The molecule has 0 heterocycles. The van der Waals surface area contributed by atoms with Crippen molar-refractivity contribution in [1.29, 1.82) is 0 Å². The zero-order chi connectivity index (χ0) is 21.4. The van der Waals surface area contributed by atoms with Crippen LogP contribution in [-0.2, 0) is 9.59 Å². The van der Waals surface area contributed by atoms with E-state index in [4.69, 9.17) is 9.47 Å². The smallest absolute Gasteiger partial charge is 0.346 e. The lowest BCUT2D eigenvalue weighted by molar-refractivity contribution is -0.139. The average molecular weight is 401 g/mol. The number of carbonyl (C=O) groups excluding carboxylic acids is 3. The van der Waals surface area contributed by atoms with Crippen LogP contribution < -0.4 is 20.2 Å². The summed E-state index contributed by atoms with van der Waals surface area (Å²) in [4.78, 5) is 35.2. The van der Waals surface area contributed by atoms with Gasteiger partial charge in [0.05, 0.1) is 18.9 Å². The van der Waals surface area contributed by atoms with E-state index in [-0.39, 0.29) is 23.1 Å². The second-order valence-corrected chi connectivity index (χ2v) is 6.11. The van der Waals surface area contributed by atoms with Crippen molar-refractivity contribution >= 4 is 24.0 Å². The van der Waals surface area contributed by atoms with E-state index >= 15 is 0 Å². The zero-order valence-electron chi connectivity index (χ0n) is 16.1. The van der Waals surface area contributed by atoms with Gasteiger partial charge in [-0.25, -0.2) is 14.6 Å². The van der Waals surface area contributed by atoms with E-state index in [0.29, 0.717) is 5.56 Å². The maximum atomic E-state index is 13.7. The molecule has 152 valence electrons. The SMILES string of the molecule is COc1cc(/C=N\NC(=O)C(=O)NC(C)C)ccc1OC(=O)c1ccccc1F. The van der Waals surface area contributed by atoms with Gasteiger partial charge in [-0.15, -0.1) is 0 Å². The van der Waals surface area contributed by atoms with E-state index in [1.54, 1.807) is 13.8 Å². The fraction of sp³-hybridized carbons (Fsp3) is 0.200. The van der Waals surface area contributed by atoms with Crippen LogP contribution in [0.5, 0.6) is 11.5 Å². The Morgan fingerprint density at radius 2 is 1.79 bits per heavy atom. The topological polar surface area (TPSA) is 106 Å². The lowest BCUT2D eigenvalue weighted by Gasteiger charge is -2.10. The molecule has 0 aliphatic carbocycles. The summed E-state index contributed by atoms with van der Waals surface area (Å²) in [5.74, 6) is -2.99. The van der Waals surface area contributed by atoms with Crippen LogP contribution in [-0.4, -0.2) is 37.1 Å². The van der Waals surface area contributed by atoms with Crippen molar-refractivity contribution in [2.24, 2.45) is 5.10 Å². The predicted molar refractivity (Wildman–Crippen MR) is 103 cm³/mol. The van der Waals surface area contributed by atoms with Gasteiger partial charge in [-0.1, -0.05) is 12.1 Å². The number of benzene rings is 2. The van der Waals surface area contributed by atoms with Gasteiger partial charge < -0.3 is 14.8 Å². The highest BCUT2D eigenvalue weighted by atomic mass is 19.1. The number of nitrogens with one attached hydrogen (secondary N) is 2. The normalized spacial score (nSPS) is 10.7. The molecule has 2 aromatic rings. The number of hydrazone groups is 1. The Labute approximate surface area is 166 Å². The van der Waals surface area contributed by atoms with Gasteiger partial charge in [0.15, 0.2) is 11.5 Å². The molecule has 9 heteroatoms. The lowest BCUT2D eigenvalue weighted by Crippen LogP contribution is -2.41. The largest absolute Gasteiger partial charge is 0.493 e. The van der Waals surface area contributed by atoms with Gasteiger partial charge >= 0.3 is 17.8 Å². The minimum atomic E-state index is -0.905. The fourth-order valence-corrected chi connectivity index (χ4v) is 2.17. The molecular weight excluding hydrogens is 381 g/mol. The third-order valence-electron chi connectivity index (χ3n) is 3.49. The molecule has 2 rings (SSSR count). The minimum absolute atomic E-state index is 0.0817. The first-order chi connectivity index (χ1) is 13.8. The molecule has 0 aromatic heterocycles. The van der Waals surface area contributed by atoms with Crippen LogP contribution in [0, 0.1) is 5.82 Å². The van der Waals surface area contributed by atoms with Crippen LogP contribution in [0.25, 0.3) is 0 Å². The standard InChI is InChI=1S/C20H20FN3O5/c1-12(2)23-18(25)19(26)24-22-11-13-8-9-16(17(10-13)28-3)29-20(27)14-6-4-5-7-15(14)21/h4-12H,1-3H3,(H,23,25)(H,24,26)/b22-11-. The van der Waals surface area contributed by atoms with E-state index in [2.05, 4.69) is 15.8 Å². The van der Waals surface area contributed by atoms with Crippen molar-refractivity contribution in [2.75, 3.05) is 7.11 Å². The summed E-state index contributed by atoms with van der Waals surface area (Å²) in [6, 6.07) is 9.74. The summed E-state index contributed by atoms with van der Waals surface area (Å²) in [5.41, 5.74) is 2.39. The summed E-state index contributed by atoms with van der Waals surface area (Å²) < 4.78 is 24.1. The van der Waals surface area contributed by atoms with Crippen LogP contribution >= 0.6 is 0 Å². The van der Waals surface area contributed by atoms with Crippen LogP contribution in [0.15, 0.2) is 47.6 Å². The summed E-state index contributed by atoms with van der Waals surface area (Å²) in [6.07, 6.45) is 1.28. The molecule has 0 radical (unpaired) electrons. The number of hydrogen-bond donors (Lipinski definition) is 2. The Kier molecular flexibility index (Phi) is 7.41. The summed E-state index contributed by atoms with van der Waals surface area (Å²) >= 11 is 0. The van der Waals surface area contributed by atoms with Crippen molar-refractivity contribution in [3.05, 3.63) is 59.4 Å². The second-order valence-electron chi connectivity index (χ2n) is 6.11. The average Bonchev–Trinajstić information content (AvgIpc) is 2.68. The van der Waals surface area contributed by atoms with Gasteiger partial charge in [-0.3, -0.25) is 9.59 Å². The number of halogens is 1. The van der Waals surface area contributed by atoms with Crippen LogP contribution in [0.3, 0.4) is 0 Å². The quantitative estimate of drug-likeness (QED) is 0.253. The highest BCUT2D eigenvalue weighted by molar-refractivity contribution is 6.35. The first kappa shape index (κ1) is 21.5. The summed E-state index contributed by atoms with van der Waals surface area (Å²) in [7, 11) is 1.37. The molecule has 0 atom stereocenters. The number of carbonyl (C=O) groups is 3. The van der Waals surface area contributed by atoms with E-state index in [9.17, 15) is 18.8 Å². The van der Waals surface area contributed by atoms with Gasteiger partial charge in [0.1, 0.15) is 5.82 Å². The molecule has 0 aliphatic heterocycles. The van der Waals surface area contributed by atoms with Gasteiger partial charge in [-0.2, -0.15) is 5.10 Å². The van der Waals surface area contributed by atoms with E-state index < -0.39 is 23.6 Å². The van der Waals surface area contributed by atoms with Crippen molar-refractivity contribution in [3.63, 3.8) is 0 Å². The number of nitrogens with zero attached hydrogens (tertiary/aromatic N) is 1. The van der Waals surface area contributed by atoms with Gasteiger partial charge in [-0.05, 0) is 49.7 Å². The molecule has 0 saturated carbocycles. The Bertz CT molecular complexity index is 943. The van der Waals surface area contributed by atoms with Crippen LogP contribution in [0.4, 0.5) is 4.39 Å². The third-order valence-corrected chi connectivity index (χ3v) is 3.49. The van der Waals surface area contributed by atoms with Gasteiger partial charge in [0.2, 0.25) is 0 Å². The Morgan fingerprint density at radius 1 is 1.07 bits per heavy atom. The fourth-order valence-electron chi connectivity index (χ4n) is 2.17. The predicted octanol–water partition coefficient (Wildman–Crippen LogP) is 2.03. The lowest BCUT2D eigenvalue weighted by atomic mass is 10.2. The molecule has 0 saturated heterocycles. The van der Waals surface area contributed by atoms with Crippen molar-refractivity contribution in [3.8, 4) is 11.5 Å². The highest BCUT2D eigenvalue weighted by Crippen LogP contribution is 2.28. The number of esters is 1. The Balaban J connectivity index is 2.06. The summed E-state index contributed by atoms with van der Waals surface area (Å²) in [6.45, 7) is 3.45. The molecule has 2 aromatic carbocycles. The first-order valence-corrected chi connectivity index (χ1v) is 8.60. The van der Waals surface area contributed by atoms with Gasteiger partial charge in [0, 0.05) is 6.04 Å². The molecule has 2 N–H and O–H groups in total. The zero-order valence-corrected chi connectivity index (χ0v) is 16.1. The molecule has 29 heavy (non-hydrogen) atoms. The number of hydrogen-bond acceptors (Lipinski definition) is 6. The van der Waals surface area contributed by atoms with Crippen molar-refractivity contribution in [1.82, 2.24) is 10.7 Å². The molecule has 0 aliphatic rings. The first-order valence-electron chi connectivity index (χ1n) is 8.60. The number of amides is 2. The highest BCUT2D eigenvalue weighted by Gasteiger charge is 2.16. The number of ether oxygens (including phenoxy) is 2. The molecule has 0 unspecified atom stereocenters. The van der Waals surface area contributed by atoms with E-state index in [1.807, 2.05) is 0 Å². The summed E-state index contributed by atoms with van der Waals surface area (Å²) in [5, 5.41) is 6.13. The molecule has 0 spiro atoms. The van der Waals surface area contributed by atoms with Crippen LogP contribution in [0.1, 0.15) is 29.8 Å². The monoisotopic (exact) mass is 401 g/mol. The van der Waals surface area contributed by atoms with Crippen LogP contribution in [0.2, 0.25) is 0 Å². The number of rotatable bonds is 6. The molecule has 2 amide bonds.